The van der Waals surface area contributed by atoms with Gasteiger partial charge in [-0.15, -0.1) is 0 Å². The number of hydrogen-bond donors (Lipinski definition) is 0. The van der Waals surface area contributed by atoms with Gasteiger partial charge in [0.25, 0.3) is 0 Å². The maximum Gasteiger partial charge on any atom is 0.410 e. The highest BCUT2D eigenvalue weighted by atomic mass is 79.9. The lowest BCUT2D eigenvalue weighted by atomic mass is 10.5. The van der Waals surface area contributed by atoms with Crippen LogP contribution in [0.5, 0.6) is 0 Å². The Balaban J connectivity index is 4.22. The van der Waals surface area contributed by atoms with E-state index in [9.17, 15) is 13.2 Å². The highest BCUT2D eigenvalue weighted by Gasteiger charge is 2.53. The molecule has 0 aromatic carbocycles. The monoisotopic (exact) mass is 298 g/mol. The second-order valence-electron chi connectivity index (χ2n) is 2.18. The molecule has 0 fully saturated rings. The minimum atomic E-state index is -3.87. The molecule has 0 aromatic heterocycles. The quantitative estimate of drug-likeness (QED) is 0.726. The van der Waals surface area contributed by atoms with Gasteiger partial charge < -0.3 is 4.74 Å². The zero-order valence-electron chi connectivity index (χ0n) is 5.88. The van der Waals surface area contributed by atoms with E-state index >= 15 is 0 Å². The summed E-state index contributed by atoms with van der Waals surface area (Å²) in [7, 11) is 0. The zero-order valence-corrected chi connectivity index (χ0v) is 9.05. The van der Waals surface area contributed by atoms with Crippen molar-refractivity contribution < 1.29 is 17.9 Å². The Bertz CT molecular complexity index is 132. The van der Waals surface area contributed by atoms with E-state index in [1.165, 1.54) is 13.8 Å². The van der Waals surface area contributed by atoms with Crippen molar-refractivity contribution in [3.8, 4) is 0 Å². The van der Waals surface area contributed by atoms with Gasteiger partial charge >= 0.3 is 9.60 Å². The van der Waals surface area contributed by atoms with E-state index in [-0.39, 0.29) is 0 Å². The van der Waals surface area contributed by atoms with Crippen molar-refractivity contribution in [2.24, 2.45) is 0 Å². The average molecular weight is 300 g/mol. The number of hydrogen-bond acceptors (Lipinski definition) is 1. The summed E-state index contributed by atoms with van der Waals surface area (Å²) in [5, 5.41) is 0. The van der Waals surface area contributed by atoms with Gasteiger partial charge in [-0.05, 0) is 45.7 Å². The average Bonchev–Trinajstić information content (AvgIpc) is 1.56. The third kappa shape index (κ3) is 3.75. The van der Waals surface area contributed by atoms with Gasteiger partial charge in [-0.25, -0.2) is 4.39 Å². The van der Waals surface area contributed by atoms with Crippen LogP contribution in [-0.4, -0.2) is 15.7 Å². The van der Waals surface area contributed by atoms with E-state index in [1.807, 2.05) is 0 Å². The molecule has 0 aliphatic carbocycles. The van der Waals surface area contributed by atoms with Crippen LogP contribution in [0.2, 0.25) is 0 Å². The lowest BCUT2D eigenvalue weighted by Crippen LogP contribution is -2.38. The minimum absolute atomic E-state index is 0.741. The predicted molar refractivity (Wildman–Crippen MR) is 42.9 cm³/mol. The number of alkyl halides is 5. The third-order valence-electron chi connectivity index (χ3n) is 0.714. The van der Waals surface area contributed by atoms with Crippen LogP contribution in [0.1, 0.15) is 13.8 Å². The van der Waals surface area contributed by atoms with E-state index in [4.69, 9.17) is 0 Å². The summed E-state index contributed by atoms with van der Waals surface area (Å²) < 4.78 is 38.5. The maximum atomic E-state index is 12.5. The Morgan fingerprint density at radius 1 is 1.18 bits per heavy atom. The molecule has 0 unspecified atom stereocenters. The lowest BCUT2D eigenvalue weighted by Gasteiger charge is -2.24. The Morgan fingerprint density at radius 2 is 1.55 bits per heavy atom. The molecule has 0 amide bonds. The number of rotatable bonds is 3. The molecule has 68 valence electrons. The van der Waals surface area contributed by atoms with Crippen LogP contribution >= 0.6 is 31.9 Å². The van der Waals surface area contributed by atoms with Crippen molar-refractivity contribution in [3.63, 3.8) is 0 Å². The Kier molecular flexibility index (Phi) is 3.85. The van der Waals surface area contributed by atoms with Crippen LogP contribution in [0.4, 0.5) is 13.2 Å². The highest BCUT2D eigenvalue weighted by Crippen LogP contribution is 2.44. The van der Waals surface area contributed by atoms with Crippen LogP contribution < -0.4 is 0 Å². The molecule has 0 spiro atoms. The molecule has 1 nitrogen and oxygen atoms in total. The second kappa shape index (κ2) is 3.62. The van der Waals surface area contributed by atoms with E-state index in [2.05, 4.69) is 36.6 Å². The third-order valence-corrected chi connectivity index (χ3v) is 1.64. The molecule has 0 N–H and O–H groups in total. The van der Waals surface area contributed by atoms with E-state index in [1.54, 1.807) is 0 Å². The fraction of sp³-hybridized carbons (Fsp3) is 1.00. The largest absolute Gasteiger partial charge is 0.410 e. The van der Waals surface area contributed by atoms with Crippen molar-refractivity contribution in [1.82, 2.24) is 0 Å². The molecule has 0 saturated carbocycles. The summed E-state index contributed by atoms with van der Waals surface area (Å²) in [6.45, 7) is 2.78. The molecule has 0 aliphatic heterocycles. The van der Waals surface area contributed by atoms with Crippen molar-refractivity contribution >= 4 is 31.9 Å². The molecule has 0 heterocycles. The summed E-state index contributed by atoms with van der Waals surface area (Å²) >= 11 is 4.21. The molecule has 0 radical (unpaired) electrons. The molecular weight excluding hydrogens is 293 g/mol. The van der Waals surface area contributed by atoms with Crippen molar-refractivity contribution in [2.45, 2.75) is 29.5 Å². The fourth-order valence-electron chi connectivity index (χ4n) is 0.363. The summed E-state index contributed by atoms with van der Waals surface area (Å²) in [5.74, 6) is 0. The molecular formula is C5H7Br2F3O. The first-order valence-electron chi connectivity index (χ1n) is 2.79. The van der Waals surface area contributed by atoms with Crippen molar-refractivity contribution in [2.75, 3.05) is 0 Å². The predicted octanol–water partition coefficient (Wildman–Crippen LogP) is 3.42. The Labute approximate surface area is 79.5 Å². The second-order valence-corrected chi connectivity index (χ2v) is 5.43. The highest BCUT2D eigenvalue weighted by molar-refractivity contribution is 9.25. The fourth-order valence-corrected chi connectivity index (χ4v) is 0.550. The molecule has 0 rings (SSSR count). The van der Waals surface area contributed by atoms with E-state index in [0.29, 0.717) is 0 Å². The summed E-state index contributed by atoms with van der Waals surface area (Å²) in [6, 6.07) is 0. The molecule has 0 aromatic rings. The first-order valence-corrected chi connectivity index (χ1v) is 4.38. The van der Waals surface area contributed by atoms with Gasteiger partial charge in [0.05, 0.1) is 6.10 Å². The van der Waals surface area contributed by atoms with Crippen molar-refractivity contribution in [1.29, 1.82) is 0 Å². The molecule has 6 heteroatoms. The van der Waals surface area contributed by atoms with E-state index in [0.717, 1.165) is 0 Å². The van der Waals surface area contributed by atoms with Gasteiger partial charge in [-0.1, -0.05) is 0 Å². The van der Waals surface area contributed by atoms with Crippen LogP contribution in [0.15, 0.2) is 0 Å². The van der Waals surface area contributed by atoms with Gasteiger partial charge in [0, 0.05) is 0 Å². The lowest BCUT2D eigenvalue weighted by molar-refractivity contribution is -0.276. The Morgan fingerprint density at radius 3 is 1.64 bits per heavy atom. The van der Waals surface area contributed by atoms with Crippen LogP contribution in [0.3, 0.4) is 0 Å². The summed E-state index contributed by atoms with van der Waals surface area (Å²) in [5.41, 5.74) is 0. The first kappa shape index (κ1) is 11.7. The zero-order chi connectivity index (χ0) is 9.28. The van der Waals surface area contributed by atoms with Gasteiger partial charge in [-0.2, -0.15) is 8.78 Å². The number of ether oxygens (including phenoxy) is 1. The van der Waals surface area contributed by atoms with Crippen LogP contribution in [0, 0.1) is 0 Å². The molecule has 0 bridgehead atoms. The summed E-state index contributed by atoms with van der Waals surface area (Å²) in [6.07, 6.45) is -4.61. The standard InChI is InChI=1S/C5H7Br2F3O/c1-3(2)11-5(9,10)4(6,7)8/h3H,1-2H3. The van der Waals surface area contributed by atoms with Gasteiger partial charge in [-0.3, -0.25) is 0 Å². The molecule has 11 heavy (non-hydrogen) atoms. The minimum Gasteiger partial charge on any atom is -0.314 e. The van der Waals surface area contributed by atoms with Crippen LogP contribution in [0.25, 0.3) is 0 Å². The van der Waals surface area contributed by atoms with Gasteiger partial charge in [0.1, 0.15) is 0 Å². The normalized spacial score (nSPS) is 14.2. The number of halogens is 5. The summed E-state index contributed by atoms with van der Waals surface area (Å²) in [4.78, 5) is 0. The topological polar surface area (TPSA) is 9.23 Å². The first-order chi connectivity index (χ1) is 4.67. The maximum absolute atomic E-state index is 12.5. The van der Waals surface area contributed by atoms with Gasteiger partial charge in [0.2, 0.25) is 0 Å². The van der Waals surface area contributed by atoms with Gasteiger partial charge in [0.15, 0.2) is 0 Å². The SMILES string of the molecule is CC(C)OC(F)(F)C(F)(Br)Br. The van der Waals surface area contributed by atoms with Crippen LogP contribution in [-0.2, 0) is 4.74 Å². The Hall–Kier alpha value is 0.710. The van der Waals surface area contributed by atoms with Crippen molar-refractivity contribution in [3.05, 3.63) is 0 Å². The molecule has 0 aliphatic rings. The smallest absolute Gasteiger partial charge is 0.314 e. The van der Waals surface area contributed by atoms with E-state index < -0.39 is 15.7 Å². The molecule has 0 saturated heterocycles. The molecule has 0 atom stereocenters.